The highest BCUT2D eigenvalue weighted by molar-refractivity contribution is 6.07. The highest BCUT2D eigenvalue weighted by Crippen LogP contribution is 2.48. The van der Waals surface area contributed by atoms with Crippen molar-refractivity contribution in [2.45, 2.75) is 0 Å². The Morgan fingerprint density at radius 3 is 1.75 bits per heavy atom. The Kier molecular flexibility index (Phi) is 6.84. The molecule has 9 rings (SSSR count). The molecule has 0 spiro atoms. The summed E-state index contributed by atoms with van der Waals surface area (Å²) >= 11 is 0. The molecule has 2 heteroatoms. The molecule has 0 radical (unpaired) electrons. The minimum Gasteiger partial charge on any atom is -0.456 e. The third-order valence-corrected chi connectivity index (χ3v) is 9.26. The Morgan fingerprint density at radius 2 is 0.938 bits per heavy atom. The average molecular weight is 614 g/mol. The predicted molar refractivity (Wildman–Crippen MR) is 202 cm³/mol. The molecule has 0 N–H and O–H groups in total. The monoisotopic (exact) mass is 613 g/mol. The number of nitrogens with zero attached hydrogens (tertiary/aromatic N) is 1. The molecule has 1 heterocycles. The van der Waals surface area contributed by atoms with Gasteiger partial charge in [-0.15, -0.1) is 0 Å². The maximum absolute atomic E-state index is 6.44. The number of hydrogen-bond acceptors (Lipinski definition) is 2. The molecule has 0 aliphatic rings. The van der Waals surface area contributed by atoms with Crippen LogP contribution >= 0.6 is 0 Å². The third-order valence-electron chi connectivity index (χ3n) is 9.26. The summed E-state index contributed by atoms with van der Waals surface area (Å²) < 4.78 is 6.44. The number of hydrogen-bond donors (Lipinski definition) is 0. The fraction of sp³-hybridized carbons (Fsp3) is 0. The van der Waals surface area contributed by atoms with Crippen LogP contribution in [0.25, 0.3) is 66.1 Å². The summed E-state index contributed by atoms with van der Waals surface area (Å²) in [4.78, 5) is 2.39. The van der Waals surface area contributed by atoms with Gasteiger partial charge >= 0.3 is 0 Å². The van der Waals surface area contributed by atoms with E-state index in [4.69, 9.17) is 4.42 Å². The molecule has 1 aromatic heterocycles. The molecule has 0 bridgehead atoms. The van der Waals surface area contributed by atoms with Crippen LogP contribution in [0.1, 0.15) is 0 Å². The van der Waals surface area contributed by atoms with Crippen molar-refractivity contribution in [3.8, 4) is 33.4 Å². The highest BCUT2D eigenvalue weighted by Gasteiger charge is 2.23. The van der Waals surface area contributed by atoms with Gasteiger partial charge in [0.05, 0.1) is 5.69 Å². The Balaban J connectivity index is 1.36. The highest BCUT2D eigenvalue weighted by atomic mass is 16.3. The van der Waals surface area contributed by atoms with Crippen molar-refractivity contribution in [1.82, 2.24) is 0 Å². The van der Waals surface area contributed by atoms with Crippen molar-refractivity contribution in [1.29, 1.82) is 0 Å². The zero-order valence-electron chi connectivity index (χ0n) is 26.3. The Labute approximate surface area is 279 Å². The second-order valence-corrected chi connectivity index (χ2v) is 12.1. The van der Waals surface area contributed by atoms with Gasteiger partial charge in [0.15, 0.2) is 0 Å². The van der Waals surface area contributed by atoms with Gasteiger partial charge in [-0.3, -0.25) is 0 Å². The summed E-state index contributed by atoms with van der Waals surface area (Å²) in [5, 5.41) is 4.64. The molecule has 0 unspecified atom stereocenters. The molecule has 0 aliphatic carbocycles. The standard InChI is InChI=1S/C46H31NO/c1-3-15-33(16-4-1)38-20-9-10-22-42(38)46-39(34-17-5-2-6-18-34)23-13-24-43(46)47(36-27-26-32-14-7-8-19-35(32)30-36)37-28-29-41-40-21-11-12-25-44(40)48-45(41)31-37/h1-31H. The van der Waals surface area contributed by atoms with Crippen LogP contribution in [0.2, 0.25) is 0 Å². The number of anilines is 3. The fourth-order valence-electron chi connectivity index (χ4n) is 7.04. The van der Waals surface area contributed by atoms with Gasteiger partial charge in [-0.05, 0) is 75.0 Å². The van der Waals surface area contributed by atoms with Crippen molar-refractivity contribution in [3.05, 3.63) is 188 Å². The molecule has 0 saturated heterocycles. The molecule has 8 aromatic carbocycles. The van der Waals surface area contributed by atoms with E-state index in [9.17, 15) is 0 Å². The Bertz CT molecular complexity index is 2560. The second kappa shape index (κ2) is 11.8. The summed E-state index contributed by atoms with van der Waals surface area (Å²) in [7, 11) is 0. The Morgan fingerprint density at radius 1 is 0.354 bits per heavy atom. The van der Waals surface area contributed by atoms with Gasteiger partial charge < -0.3 is 9.32 Å². The molecular weight excluding hydrogens is 583 g/mol. The Hall–Kier alpha value is -6.38. The zero-order valence-corrected chi connectivity index (χ0v) is 26.3. The normalized spacial score (nSPS) is 11.3. The fourth-order valence-corrected chi connectivity index (χ4v) is 7.04. The lowest BCUT2D eigenvalue weighted by atomic mass is 9.87. The minimum atomic E-state index is 0.866. The van der Waals surface area contributed by atoms with E-state index in [1.807, 2.05) is 12.1 Å². The van der Waals surface area contributed by atoms with E-state index in [-0.39, 0.29) is 0 Å². The first-order valence-electron chi connectivity index (χ1n) is 16.4. The predicted octanol–water partition coefficient (Wildman–Crippen LogP) is 13.2. The summed E-state index contributed by atoms with van der Waals surface area (Å²) in [6.07, 6.45) is 0. The number of rotatable bonds is 6. The third kappa shape index (κ3) is 4.83. The first-order valence-corrected chi connectivity index (χ1v) is 16.4. The summed E-state index contributed by atoms with van der Waals surface area (Å²) in [5.74, 6) is 0. The van der Waals surface area contributed by atoms with Crippen molar-refractivity contribution < 1.29 is 4.42 Å². The molecule has 0 saturated carbocycles. The minimum absolute atomic E-state index is 0.866. The zero-order chi connectivity index (χ0) is 31.9. The van der Waals surface area contributed by atoms with Crippen LogP contribution in [0.5, 0.6) is 0 Å². The van der Waals surface area contributed by atoms with Crippen LogP contribution in [0.4, 0.5) is 17.1 Å². The lowest BCUT2D eigenvalue weighted by molar-refractivity contribution is 0.669. The molecule has 0 atom stereocenters. The van der Waals surface area contributed by atoms with Gasteiger partial charge in [0.2, 0.25) is 0 Å². The SMILES string of the molecule is c1ccc(-c2ccccc2-c2c(-c3ccccc3)cccc2N(c2ccc3ccccc3c2)c2ccc3c(c2)oc2ccccc23)cc1. The van der Waals surface area contributed by atoms with Crippen LogP contribution in [0, 0.1) is 0 Å². The van der Waals surface area contributed by atoms with Crippen molar-refractivity contribution >= 4 is 49.8 Å². The molecule has 0 aliphatic heterocycles. The lowest BCUT2D eigenvalue weighted by Gasteiger charge is -2.30. The molecule has 0 amide bonds. The van der Waals surface area contributed by atoms with E-state index in [0.29, 0.717) is 0 Å². The van der Waals surface area contributed by atoms with Gasteiger partial charge in [0, 0.05) is 33.8 Å². The van der Waals surface area contributed by atoms with Crippen molar-refractivity contribution in [2.75, 3.05) is 4.90 Å². The molecule has 48 heavy (non-hydrogen) atoms. The van der Waals surface area contributed by atoms with Crippen LogP contribution < -0.4 is 4.90 Å². The van der Waals surface area contributed by atoms with Crippen LogP contribution in [0.3, 0.4) is 0 Å². The summed E-state index contributed by atoms with van der Waals surface area (Å²) in [6, 6.07) is 67.0. The quantitative estimate of drug-likeness (QED) is 0.185. The van der Waals surface area contributed by atoms with E-state index in [0.717, 1.165) is 39.0 Å². The van der Waals surface area contributed by atoms with E-state index >= 15 is 0 Å². The number of fused-ring (bicyclic) bond motifs is 4. The van der Waals surface area contributed by atoms with Crippen molar-refractivity contribution in [2.24, 2.45) is 0 Å². The summed E-state index contributed by atoms with van der Waals surface area (Å²) in [6.45, 7) is 0. The maximum Gasteiger partial charge on any atom is 0.137 e. The van der Waals surface area contributed by atoms with Gasteiger partial charge in [-0.25, -0.2) is 0 Å². The van der Waals surface area contributed by atoms with Gasteiger partial charge in [0.25, 0.3) is 0 Å². The van der Waals surface area contributed by atoms with Crippen LogP contribution in [0.15, 0.2) is 192 Å². The molecule has 9 aromatic rings. The van der Waals surface area contributed by atoms with E-state index in [1.165, 1.54) is 44.2 Å². The number of benzene rings is 8. The molecular formula is C46H31NO. The molecule has 2 nitrogen and oxygen atoms in total. The molecule has 226 valence electrons. The van der Waals surface area contributed by atoms with Crippen molar-refractivity contribution in [3.63, 3.8) is 0 Å². The second-order valence-electron chi connectivity index (χ2n) is 12.1. The molecule has 0 fully saturated rings. The van der Waals surface area contributed by atoms with Crippen LogP contribution in [-0.4, -0.2) is 0 Å². The van der Waals surface area contributed by atoms with Gasteiger partial charge in [-0.2, -0.15) is 0 Å². The summed E-state index contributed by atoms with van der Waals surface area (Å²) in [5.41, 5.74) is 12.0. The first kappa shape index (κ1) is 27.9. The first-order chi connectivity index (χ1) is 23.8. The van der Waals surface area contributed by atoms with E-state index in [1.54, 1.807) is 0 Å². The smallest absolute Gasteiger partial charge is 0.137 e. The number of para-hydroxylation sites is 1. The lowest BCUT2D eigenvalue weighted by Crippen LogP contribution is -2.12. The topological polar surface area (TPSA) is 16.4 Å². The maximum atomic E-state index is 6.44. The number of furan rings is 1. The largest absolute Gasteiger partial charge is 0.456 e. The van der Waals surface area contributed by atoms with Gasteiger partial charge in [0.1, 0.15) is 11.2 Å². The van der Waals surface area contributed by atoms with E-state index in [2.05, 4.69) is 181 Å². The van der Waals surface area contributed by atoms with Gasteiger partial charge in [-0.1, -0.05) is 146 Å². The van der Waals surface area contributed by atoms with Crippen LogP contribution in [-0.2, 0) is 0 Å². The average Bonchev–Trinajstić information content (AvgIpc) is 3.53. The van der Waals surface area contributed by atoms with E-state index < -0.39 is 0 Å².